The summed E-state index contributed by atoms with van der Waals surface area (Å²) in [6.45, 7) is 11.9. The van der Waals surface area contributed by atoms with Gasteiger partial charge >= 0.3 is 5.97 Å². The van der Waals surface area contributed by atoms with Gasteiger partial charge in [0.05, 0.1) is 13.0 Å². The zero-order valence-corrected chi connectivity index (χ0v) is 16.7. The smallest absolute Gasteiger partial charge is 0.306 e. The molecular weight excluding hydrogens is 334 g/mol. The van der Waals surface area contributed by atoms with Gasteiger partial charge in [-0.3, -0.25) is 4.79 Å². The lowest BCUT2D eigenvalue weighted by Gasteiger charge is -2.42. The summed E-state index contributed by atoms with van der Waals surface area (Å²) in [6, 6.07) is 6.41. The van der Waals surface area contributed by atoms with Crippen LogP contribution in [0, 0.1) is 23.7 Å². The minimum Gasteiger partial charge on any atom is -0.466 e. The Labute approximate surface area is 163 Å². The highest BCUT2D eigenvalue weighted by molar-refractivity contribution is 5.70. The first-order chi connectivity index (χ1) is 13.1. The Kier molecular flexibility index (Phi) is 6.74. The predicted octanol–water partition coefficient (Wildman–Crippen LogP) is 4.17. The molecule has 0 spiro atoms. The summed E-state index contributed by atoms with van der Waals surface area (Å²) in [4.78, 5) is 14.3. The van der Waals surface area contributed by atoms with Gasteiger partial charge in [-0.15, -0.1) is 6.58 Å². The van der Waals surface area contributed by atoms with Crippen LogP contribution in [0.4, 0.5) is 0 Å². The Morgan fingerprint density at radius 1 is 1.41 bits per heavy atom. The number of allylic oxidation sites excluding steroid dienone is 1. The average molecular weight is 366 g/mol. The van der Waals surface area contributed by atoms with Gasteiger partial charge in [0.15, 0.2) is 0 Å². The highest BCUT2D eigenvalue weighted by Gasteiger charge is 2.32. The number of rotatable bonds is 6. The van der Waals surface area contributed by atoms with Crippen LogP contribution in [0.3, 0.4) is 0 Å². The molecule has 0 N–H and O–H groups in total. The second kappa shape index (κ2) is 9.24. The van der Waals surface area contributed by atoms with Crippen molar-refractivity contribution in [3.8, 4) is 11.8 Å². The van der Waals surface area contributed by atoms with Crippen LogP contribution in [0.15, 0.2) is 30.9 Å². The van der Waals surface area contributed by atoms with Crippen molar-refractivity contribution in [2.24, 2.45) is 11.8 Å². The Morgan fingerprint density at radius 3 is 2.81 bits per heavy atom. The van der Waals surface area contributed by atoms with E-state index in [4.69, 9.17) is 4.74 Å². The molecule has 2 unspecified atom stereocenters. The fourth-order valence-electron chi connectivity index (χ4n) is 4.25. The van der Waals surface area contributed by atoms with Crippen molar-refractivity contribution < 1.29 is 9.53 Å². The highest BCUT2D eigenvalue weighted by atomic mass is 16.5. The van der Waals surface area contributed by atoms with Crippen LogP contribution in [0.1, 0.15) is 55.7 Å². The lowest BCUT2D eigenvalue weighted by molar-refractivity contribution is -0.143. The molecule has 0 amide bonds. The van der Waals surface area contributed by atoms with Gasteiger partial charge < -0.3 is 9.64 Å². The number of carbonyl (C=O) groups excluding carboxylic acids is 1. The molecule has 0 aromatic heterocycles. The van der Waals surface area contributed by atoms with Gasteiger partial charge in [-0.1, -0.05) is 37.0 Å². The molecule has 3 fully saturated rings. The predicted molar refractivity (Wildman–Crippen MR) is 110 cm³/mol. The van der Waals surface area contributed by atoms with Crippen molar-refractivity contribution in [3.63, 3.8) is 0 Å². The zero-order valence-electron chi connectivity index (χ0n) is 16.7. The van der Waals surface area contributed by atoms with Crippen LogP contribution in [0.25, 0.3) is 0 Å². The van der Waals surface area contributed by atoms with Crippen LogP contribution in [-0.4, -0.2) is 37.1 Å². The minimum absolute atomic E-state index is 0.136. The standard InChI is InChI=1S/C24H31NO2/c1-4-6-22-16-21(18(3)15-24(26)27-5-2)9-7-19(22)8-10-23-17-25-13-11-20(23)12-14-25/h4,7,9,16,18,20,23H,1,5-6,11-15,17H2,2-3H3. The van der Waals surface area contributed by atoms with Gasteiger partial charge in [0.25, 0.3) is 0 Å². The maximum atomic E-state index is 11.8. The van der Waals surface area contributed by atoms with Crippen LogP contribution in [0.5, 0.6) is 0 Å². The van der Waals surface area contributed by atoms with Crippen LogP contribution >= 0.6 is 0 Å². The van der Waals surface area contributed by atoms with E-state index in [1.807, 2.05) is 13.0 Å². The second-order valence-corrected chi connectivity index (χ2v) is 7.83. The van der Waals surface area contributed by atoms with Crippen LogP contribution < -0.4 is 0 Å². The van der Waals surface area contributed by atoms with Crippen molar-refractivity contribution in [2.45, 2.75) is 45.4 Å². The Bertz CT molecular complexity index is 734. The summed E-state index contributed by atoms with van der Waals surface area (Å²) in [6.07, 6.45) is 5.72. The summed E-state index contributed by atoms with van der Waals surface area (Å²) < 4.78 is 5.08. The van der Waals surface area contributed by atoms with E-state index in [1.54, 1.807) is 0 Å². The maximum absolute atomic E-state index is 11.8. The normalized spacial score (nSPS) is 24.6. The first-order valence-electron chi connectivity index (χ1n) is 10.2. The molecule has 4 rings (SSSR count). The molecule has 3 heterocycles. The van der Waals surface area contributed by atoms with E-state index in [0.29, 0.717) is 18.9 Å². The third kappa shape index (κ3) is 5.02. The van der Waals surface area contributed by atoms with Gasteiger partial charge in [0, 0.05) is 18.0 Å². The molecule has 3 heteroatoms. The van der Waals surface area contributed by atoms with Gasteiger partial charge in [0.2, 0.25) is 0 Å². The molecule has 3 saturated heterocycles. The fourth-order valence-corrected chi connectivity index (χ4v) is 4.25. The number of hydrogen-bond acceptors (Lipinski definition) is 3. The number of ether oxygens (including phenoxy) is 1. The molecule has 3 aliphatic heterocycles. The van der Waals surface area contributed by atoms with E-state index >= 15 is 0 Å². The zero-order chi connectivity index (χ0) is 19.2. The van der Waals surface area contributed by atoms with Crippen LogP contribution in [-0.2, 0) is 16.0 Å². The van der Waals surface area contributed by atoms with Gasteiger partial charge in [0.1, 0.15) is 0 Å². The van der Waals surface area contributed by atoms with E-state index in [1.165, 1.54) is 31.5 Å². The average Bonchev–Trinajstić information content (AvgIpc) is 2.68. The molecule has 2 atom stereocenters. The molecule has 0 aliphatic carbocycles. The summed E-state index contributed by atoms with van der Waals surface area (Å²) >= 11 is 0. The molecule has 2 bridgehead atoms. The first-order valence-corrected chi connectivity index (χ1v) is 10.2. The molecule has 1 aromatic rings. The van der Waals surface area contributed by atoms with Crippen molar-refractivity contribution in [3.05, 3.63) is 47.5 Å². The quantitative estimate of drug-likeness (QED) is 0.431. The summed E-state index contributed by atoms with van der Waals surface area (Å²) in [5.41, 5.74) is 3.46. The Hall–Kier alpha value is -2.05. The summed E-state index contributed by atoms with van der Waals surface area (Å²) in [5, 5.41) is 0. The molecule has 0 radical (unpaired) electrons. The highest BCUT2D eigenvalue weighted by Crippen LogP contribution is 2.32. The summed E-state index contributed by atoms with van der Waals surface area (Å²) in [7, 11) is 0. The number of nitrogens with zero attached hydrogens (tertiary/aromatic N) is 1. The van der Waals surface area contributed by atoms with Gasteiger partial charge in [-0.25, -0.2) is 0 Å². The molecule has 144 valence electrons. The van der Waals surface area contributed by atoms with E-state index in [0.717, 1.165) is 30.0 Å². The van der Waals surface area contributed by atoms with Gasteiger partial charge in [-0.2, -0.15) is 0 Å². The number of hydrogen-bond donors (Lipinski definition) is 0. The SMILES string of the molecule is C=CCc1cc(C(C)CC(=O)OCC)ccc1C#CC1CN2CCC1CC2. The maximum Gasteiger partial charge on any atom is 0.306 e. The third-order valence-electron chi connectivity index (χ3n) is 5.89. The van der Waals surface area contributed by atoms with Crippen LogP contribution in [0.2, 0.25) is 0 Å². The molecule has 0 saturated carbocycles. The lowest BCUT2D eigenvalue weighted by Crippen LogP contribution is -2.46. The Morgan fingerprint density at radius 2 is 2.19 bits per heavy atom. The summed E-state index contributed by atoms with van der Waals surface area (Å²) in [5.74, 6) is 8.31. The third-order valence-corrected chi connectivity index (χ3v) is 5.89. The largest absolute Gasteiger partial charge is 0.466 e. The fraction of sp³-hybridized carbons (Fsp3) is 0.542. The van der Waals surface area contributed by atoms with E-state index in [2.05, 4.69) is 48.4 Å². The van der Waals surface area contributed by atoms with E-state index in [9.17, 15) is 4.79 Å². The second-order valence-electron chi connectivity index (χ2n) is 7.83. The van der Waals surface area contributed by atoms with E-state index in [-0.39, 0.29) is 11.9 Å². The topological polar surface area (TPSA) is 29.5 Å². The Balaban J connectivity index is 1.75. The molecule has 27 heavy (non-hydrogen) atoms. The number of fused-ring (bicyclic) bond motifs is 3. The van der Waals surface area contributed by atoms with Crippen molar-refractivity contribution in [2.75, 3.05) is 26.2 Å². The monoisotopic (exact) mass is 365 g/mol. The minimum atomic E-state index is -0.138. The first kappa shape index (κ1) is 19.7. The molecular formula is C24H31NO2. The van der Waals surface area contributed by atoms with Crippen molar-refractivity contribution in [1.82, 2.24) is 4.90 Å². The lowest BCUT2D eigenvalue weighted by atomic mass is 9.79. The number of carbonyl (C=O) groups is 1. The molecule has 3 aliphatic rings. The number of piperidine rings is 3. The van der Waals surface area contributed by atoms with Crippen molar-refractivity contribution in [1.29, 1.82) is 0 Å². The molecule has 3 nitrogen and oxygen atoms in total. The van der Waals surface area contributed by atoms with E-state index < -0.39 is 0 Å². The van der Waals surface area contributed by atoms with Gasteiger partial charge in [-0.05, 0) is 68.3 Å². The van der Waals surface area contributed by atoms with Crippen molar-refractivity contribution >= 4 is 5.97 Å². The molecule has 1 aromatic carbocycles. The number of esters is 1. The number of benzene rings is 1.